The number of hydrogen-bond acceptors (Lipinski definition) is 1. The van der Waals surface area contributed by atoms with E-state index in [9.17, 15) is 4.39 Å². The lowest BCUT2D eigenvalue weighted by molar-refractivity contribution is 0.424. The Bertz CT molecular complexity index is 85.0. The van der Waals surface area contributed by atoms with Gasteiger partial charge in [-0.3, -0.25) is 4.39 Å². The molecule has 0 rings (SSSR count). The van der Waals surface area contributed by atoms with E-state index >= 15 is 0 Å². The van der Waals surface area contributed by atoms with Gasteiger partial charge in [0.1, 0.15) is 0 Å². The largest absolute Gasteiger partial charge is 0.251 e. The van der Waals surface area contributed by atoms with Gasteiger partial charge in [0.2, 0.25) is 0 Å². The fourth-order valence-corrected chi connectivity index (χ4v) is 0.492. The Morgan fingerprint density at radius 3 is 2.50 bits per heavy atom. The van der Waals surface area contributed by atoms with Crippen molar-refractivity contribution in [3.63, 3.8) is 0 Å². The van der Waals surface area contributed by atoms with Crippen molar-refractivity contribution in [3.05, 3.63) is 0 Å². The molecule has 0 aliphatic carbocycles. The lowest BCUT2D eigenvalue weighted by atomic mass is 10.1. The van der Waals surface area contributed by atoms with Gasteiger partial charge >= 0.3 is 0 Å². The average molecular weight is 115 g/mol. The predicted octanol–water partition coefficient (Wildman–Crippen LogP) is 1.90. The lowest BCUT2D eigenvalue weighted by Gasteiger charge is -1.97. The predicted molar refractivity (Wildman–Crippen MR) is 30.0 cm³/mol. The van der Waals surface area contributed by atoms with Gasteiger partial charge in [0, 0.05) is 5.92 Å². The van der Waals surface area contributed by atoms with E-state index in [4.69, 9.17) is 5.26 Å². The van der Waals surface area contributed by atoms with Crippen LogP contribution < -0.4 is 0 Å². The molecule has 2 heteroatoms. The van der Waals surface area contributed by atoms with Crippen molar-refractivity contribution < 1.29 is 4.39 Å². The minimum Gasteiger partial charge on any atom is -0.251 e. The zero-order chi connectivity index (χ0) is 6.41. The Labute approximate surface area is 49.1 Å². The molecule has 0 amide bonds. The summed E-state index contributed by atoms with van der Waals surface area (Å²) in [5, 5.41) is 8.24. The van der Waals surface area contributed by atoms with Crippen LogP contribution in [-0.2, 0) is 0 Å². The second kappa shape index (κ2) is 4.58. The third-order valence-corrected chi connectivity index (χ3v) is 1.13. The Hall–Kier alpha value is -0.580. The molecule has 0 bridgehead atoms. The van der Waals surface area contributed by atoms with Gasteiger partial charge in [-0.15, -0.1) is 0 Å². The maximum atomic E-state index is 11.5. The first-order valence-corrected chi connectivity index (χ1v) is 2.80. The third kappa shape index (κ3) is 2.57. The topological polar surface area (TPSA) is 23.8 Å². The van der Waals surface area contributed by atoms with Crippen molar-refractivity contribution in [1.29, 1.82) is 5.26 Å². The molecule has 0 aliphatic heterocycles. The molecule has 1 nitrogen and oxygen atoms in total. The molecule has 0 N–H and O–H groups in total. The molecule has 46 valence electrons. The quantitative estimate of drug-likeness (QED) is 0.551. The summed E-state index contributed by atoms with van der Waals surface area (Å²) >= 11 is 0. The van der Waals surface area contributed by atoms with Gasteiger partial charge in [-0.05, 0) is 12.8 Å². The SMILES string of the molecule is CCC(C#N)CCF. The standard InChI is InChI=1S/C6H10FN/c1-2-6(5-8)3-4-7/h6H,2-4H2,1H3. The molecule has 0 aromatic rings. The highest BCUT2D eigenvalue weighted by molar-refractivity contribution is 4.80. The van der Waals surface area contributed by atoms with Crippen LogP contribution in [0.3, 0.4) is 0 Å². The summed E-state index contributed by atoms with van der Waals surface area (Å²) in [4.78, 5) is 0. The third-order valence-electron chi connectivity index (χ3n) is 1.13. The van der Waals surface area contributed by atoms with Gasteiger partial charge in [0.15, 0.2) is 0 Å². The molecular weight excluding hydrogens is 105 g/mol. The van der Waals surface area contributed by atoms with Gasteiger partial charge in [-0.1, -0.05) is 6.92 Å². The molecule has 0 radical (unpaired) electrons. The number of rotatable bonds is 3. The zero-order valence-corrected chi connectivity index (χ0v) is 5.02. The molecule has 0 saturated heterocycles. The zero-order valence-electron chi connectivity index (χ0n) is 5.02. The molecular formula is C6H10FN. The highest BCUT2D eigenvalue weighted by atomic mass is 19.1. The average Bonchev–Trinajstić information content (AvgIpc) is 1.83. The Morgan fingerprint density at radius 1 is 1.75 bits per heavy atom. The number of hydrogen-bond donors (Lipinski definition) is 0. The number of nitriles is 1. The number of nitrogens with zero attached hydrogens (tertiary/aromatic N) is 1. The van der Waals surface area contributed by atoms with Gasteiger partial charge in [-0.25, -0.2) is 0 Å². The van der Waals surface area contributed by atoms with E-state index < -0.39 is 0 Å². The second-order valence-electron chi connectivity index (χ2n) is 1.71. The summed E-state index contributed by atoms with van der Waals surface area (Å²) in [6.07, 6.45) is 1.16. The number of alkyl halides is 1. The molecule has 0 spiro atoms. The van der Waals surface area contributed by atoms with Crippen molar-refractivity contribution in [1.82, 2.24) is 0 Å². The van der Waals surface area contributed by atoms with E-state index in [2.05, 4.69) is 0 Å². The van der Waals surface area contributed by atoms with Gasteiger partial charge in [-0.2, -0.15) is 5.26 Å². The maximum absolute atomic E-state index is 11.5. The normalized spacial score (nSPS) is 12.6. The molecule has 1 atom stereocenters. The Balaban J connectivity index is 3.26. The van der Waals surface area contributed by atoms with Crippen LogP contribution in [0.25, 0.3) is 0 Å². The first-order chi connectivity index (χ1) is 3.85. The molecule has 0 heterocycles. The summed E-state index contributed by atoms with van der Waals surface area (Å²) in [7, 11) is 0. The molecule has 0 fully saturated rings. The molecule has 0 aliphatic rings. The fourth-order valence-electron chi connectivity index (χ4n) is 0.492. The Kier molecular flexibility index (Phi) is 4.24. The van der Waals surface area contributed by atoms with Gasteiger partial charge in [0.05, 0.1) is 12.7 Å². The van der Waals surface area contributed by atoms with Gasteiger partial charge < -0.3 is 0 Å². The molecule has 8 heavy (non-hydrogen) atoms. The van der Waals surface area contributed by atoms with Crippen LogP contribution in [0.4, 0.5) is 4.39 Å². The molecule has 0 aromatic carbocycles. The lowest BCUT2D eigenvalue weighted by Crippen LogP contribution is -1.94. The first-order valence-electron chi connectivity index (χ1n) is 2.80. The van der Waals surface area contributed by atoms with Crippen LogP contribution in [0.15, 0.2) is 0 Å². The van der Waals surface area contributed by atoms with Crippen molar-refractivity contribution in [3.8, 4) is 6.07 Å². The van der Waals surface area contributed by atoms with E-state index in [-0.39, 0.29) is 12.6 Å². The van der Waals surface area contributed by atoms with Crippen molar-refractivity contribution >= 4 is 0 Å². The van der Waals surface area contributed by atoms with Crippen LogP contribution in [0.2, 0.25) is 0 Å². The van der Waals surface area contributed by atoms with Crippen LogP contribution >= 0.6 is 0 Å². The summed E-state index contributed by atoms with van der Waals surface area (Å²) in [6, 6.07) is 2.01. The van der Waals surface area contributed by atoms with Crippen LogP contribution in [0.5, 0.6) is 0 Å². The van der Waals surface area contributed by atoms with Crippen LogP contribution in [0.1, 0.15) is 19.8 Å². The number of halogens is 1. The second-order valence-corrected chi connectivity index (χ2v) is 1.71. The van der Waals surface area contributed by atoms with Crippen molar-refractivity contribution in [2.75, 3.05) is 6.67 Å². The smallest absolute Gasteiger partial charge is 0.0907 e. The molecule has 0 saturated carbocycles. The van der Waals surface area contributed by atoms with E-state index in [1.54, 1.807) is 0 Å². The van der Waals surface area contributed by atoms with Crippen LogP contribution in [-0.4, -0.2) is 6.67 Å². The molecule has 0 aromatic heterocycles. The summed E-state index contributed by atoms with van der Waals surface area (Å²) in [5.74, 6) is -0.0694. The monoisotopic (exact) mass is 115 g/mol. The maximum Gasteiger partial charge on any atom is 0.0907 e. The van der Waals surface area contributed by atoms with Crippen LogP contribution in [0, 0.1) is 17.2 Å². The summed E-state index contributed by atoms with van der Waals surface area (Å²) in [6.45, 7) is 1.52. The highest BCUT2D eigenvalue weighted by Gasteiger charge is 2.01. The summed E-state index contributed by atoms with van der Waals surface area (Å²) < 4.78 is 11.5. The first kappa shape index (κ1) is 7.42. The van der Waals surface area contributed by atoms with Crippen molar-refractivity contribution in [2.24, 2.45) is 5.92 Å². The van der Waals surface area contributed by atoms with E-state index in [1.165, 1.54) is 0 Å². The highest BCUT2D eigenvalue weighted by Crippen LogP contribution is 2.05. The van der Waals surface area contributed by atoms with Crippen molar-refractivity contribution in [2.45, 2.75) is 19.8 Å². The Morgan fingerprint density at radius 2 is 2.38 bits per heavy atom. The van der Waals surface area contributed by atoms with E-state index in [1.807, 2.05) is 13.0 Å². The van der Waals surface area contributed by atoms with E-state index in [0.717, 1.165) is 6.42 Å². The fraction of sp³-hybridized carbons (Fsp3) is 0.833. The van der Waals surface area contributed by atoms with E-state index in [0.29, 0.717) is 6.42 Å². The molecule has 1 unspecified atom stereocenters. The van der Waals surface area contributed by atoms with Gasteiger partial charge in [0.25, 0.3) is 0 Å². The summed E-state index contributed by atoms with van der Waals surface area (Å²) in [5.41, 5.74) is 0. The minimum atomic E-state index is -0.369. The minimum absolute atomic E-state index is 0.0694.